The van der Waals surface area contributed by atoms with Crippen LogP contribution in [-0.2, 0) is 4.74 Å². The molecule has 0 saturated heterocycles. The van der Waals surface area contributed by atoms with Gasteiger partial charge in [-0.1, -0.05) is 6.07 Å². The average Bonchev–Trinajstić information content (AvgIpc) is 2.05. The number of rotatable bonds is 2. The Morgan fingerprint density at radius 2 is 2.50 bits per heavy atom. The van der Waals surface area contributed by atoms with Crippen LogP contribution in [0.4, 0.5) is 0 Å². The normalized spacial score (nSPS) is 9.50. The Labute approximate surface area is 79.7 Å². The van der Waals surface area contributed by atoms with Gasteiger partial charge in [0.2, 0.25) is 0 Å². The number of carbonyl (C=O) groups is 1. The molecule has 0 bridgehead atoms. The molecule has 0 fully saturated rings. The fraction of sp³-hybridized carbons (Fsp3) is 0.222. The number of carbonyl (C=O) groups excluding carboxylic acids is 1. The van der Waals surface area contributed by atoms with Crippen molar-refractivity contribution in [2.75, 3.05) is 6.61 Å². The van der Waals surface area contributed by atoms with Crippen LogP contribution in [0.25, 0.3) is 0 Å². The minimum Gasteiger partial charge on any atom is -0.462 e. The SMILES string of the molecule is CCOC(=O)c1c[c]ccc1Br. The highest BCUT2D eigenvalue weighted by Gasteiger charge is 2.08. The molecule has 0 aliphatic carbocycles. The molecule has 2 nitrogen and oxygen atoms in total. The van der Waals surface area contributed by atoms with Crippen molar-refractivity contribution in [1.29, 1.82) is 0 Å². The Morgan fingerprint density at radius 1 is 1.75 bits per heavy atom. The minimum atomic E-state index is -0.318. The van der Waals surface area contributed by atoms with Gasteiger partial charge in [-0.2, -0.15) is 0 Å². The summed E-state index contributed by atoms with van der Waals surface area (Å²) in [6.07, 6.45) is 0. The second kappa shape index (κ2) is 4.26. The highest BCUT2D eigenvalue weighted by atomic mass is 79.9. The summed E-state index contributed by atoms with van der Waals surface area (Å²) in [7, 11) is 0. The molecule has 0 saturated carbocycles. The molecular formula is C9H8BrO2. The van der Waals surface area contributed by atoms with Crippen molar-refractivity contribution < 1.29 is 9.53 Å². The smallest absolute Gasteiger partial charge is 0.339 e. The number of hydrogen-bond acceptors (Lipinski definition) is 2. The number of esters is 1. The second-order valence-corrected chi connectivity index (χ2v) is 2.98. The van der Waals surface area contributed by atoms with Crippen molar-refractivity contribution in [2.24, 2.45) is 0 Å². The van der Waals surface area contributed by atoms with Crippen LogP contribution in [0, 0.1) is 6.07 Å². The lowest BCUT2D eigenvalue weighted by Gasteiger charge is -2.02. The van der Waals surface area contributed by atoms with Crippen molar-refractivity contribution in [3.63, 3.8) is 0 Å². The van der Waals surface area contributed by atoms with Gasteiger partial charge in [0.25, 0.3) is 0 Å². The molecule has 0 atom stereocenters. The van der Waals surface area contributed by atoms with Gasteiger partial charge in [-0.25, -0.2) is 4.79 Å². The van der Waals surface area contributed by atoms with E-state index < -0.39 is 0 Å². The first kappa shape index (κ1) is 9.26. The third kappa shape index (κ3) is 2.08. The van der Waals surface area contributed by atoms with E-state index in [9.17, 15) is 4.79 Å². The maximum atomic E-state index is 11.2. The summed E-state index contributed by atoms with van der Waals surface area (Å²) in [6.45, 7) is 2.17. The van der Waals surface area contributed by atoms with Crippen LogP contribution in [0.3, 0.4) is 0 Å². The van der Waals surface area contributed by atoms with Gasteiger partial charge >= 0.3 is 5.97 Å². The van der Waals surface area contributed by atoms with Crippen LogP contribution in [-0.4, -0.2) is 12.6 Å². The Kier molecular flexibility index (Phi) is 3.29. The Bertz CT molecular complexity index is 284. The summed E-state index contributed by atoms with van der Waals surface area (Å²) >= 11 is 3.25. The lowest BCUT2D eigenvalue weighted by molar-refractivity contribution is 0.0525. The lowest BCUT2D eigenvalue weighted by Crippen LogP contribution is -2.04. The van der Waals surface area contributed by atoms with Crippen LogP contribution in [0.1, 0.15) is 17.3 Å². The van der Waals surface area contributed by atoms with Crippen molar-refractivity contribution in [1.82, 2.24) is 0 Å². The van der Waals surface area contributed by atoms with E-state index in [1.54, 1.807) is 25.1 Å². The zero-order valence-electron chi connectivity index (χ0n) is 6.63. The largest absolute Gasteiger partial charge is 0.462 e. The summed E-state index contributed by atoms with van der Waals surface area (Å²) in [4.78, 5) is 11.2. The van der Waals surface area contributed by atoms with Gasteiger partial charge < -0.3 is 4.74 Å². The van der Waals surface area contributed by atoms with Crippen molar-refractivity contribution in [3.8, 4) is 0 Å². The molecule has 63 valence electrons. The van der Waals surface area contributed by atoms with Crippen LogP contribution < -0.4 is 0 Å². The number of benzene rings is 1. The first-order valence-corrected chi connectivity index (χ1v) is 4.37. The molecule has 3 heteroatoms. The standard InChI is InChI=1S/C9H8BrO2/c1-2-12-9(11)7-5-3-4-6-8(7)10/h4-6H,2H2,1H3. The van der Waals surface area contributed by atoms with Gasteiger partial charge in [0, 0.05) is 4.47 Å². The van der Waals surface area contributed by atoms with Crippen LogP contribution >= 0.6 is 15.9 Å². The second-order valence-electron chi connectivity index (χ2n) is 2.13. The Balaban J connectivity index is 2.87. The van der Waals surface area contributed by atoms with E-state index in [2.05, 4.69) is 22.0 Å². The van der Waals surface area contributed by atoms with Gasteiger partial charge in [-0.3, -0.25) is 0 Å². The molecule has 12 heavy (non-hydrogen) atoms. The van der Waals surface area contributed by atoms with E-state index in [-0.39, 0.29) is 5.97 Å². The highest BCUT2D eigenvalue weighted by Crippen LogP contribution is 2.16. The maximum Gasteiger partial charge on any atom is 0.339 e. The Morgan fingerprint density at radius 3 is 3.08 bits per heavy atom. The first-order chi connectivity index (χ1) is 5.75. The highest BCUT2D eigenvalue weighted by molar-refractivity contribution is 9.10. The van der Waals surface area contributed by atoms with E-state index in [0.29, 0.717) is 12.2 Å². The minimum absolute atomic E-state index is 0.318. The van der Waals surface area contributed by atoms with Gasteiger partial charge in [0.15, 0.2) is 0 Å². The fourth-order valence-electron chi connectivity index (χ4n) is 0.777. The summed E-state index contributed by atoms with van der Waals surface area (Å²) < 4.78 is 5.56. The lowest BCUT2D eigenvalue weighted by atomic mass is 10.2. The van der Waals surface area contributed by atoms with E-state index >= 15 is 0 Å². The Hall–Kier alpha value is -0.830. The van der Waals surface area contributed by atoms with E-state index in [4.69, 9.17) is 4.74 Å². The van der Waals surface area contributed by atoms with E-state index in [1.807, 2.05) is 0 Å². The van der Waals surface area contributed by atoms with Crippen molar-refractivity contribution >= 4 is 21.9 Å². The summed E-state index contributed by atoms with van der Waals surface area (Å²) in [5, 5.41) is 0. The first-order valence-electron chi connectivity index (χ1n) is 3.58. The maximum absolute atomic E-state index is 11.2. The van der Waals surface area contributed by atoms with E-state index in [0.717, 1.165) is 4.47 Å². The zero-order valence-corrected chi connectivity index (χ0v) is 8.22. The molecule has 1 radical (unpaired) electrons. The van der Waals surface area contributed by atoms with Crippen LogP contribution in [0.5, 0.6) is 0 Å². The quantitative estimate of drug-likeness (QED) is 0.726. The van der Waals surface area contributed by atoms with Crippen LogP contribution in [0.15, 0.2) is 22.7 Å². The molecule has 0 aliphatic heterocycles. The van der Waals surface area contributed by atoms with Crippen molar-refractivity contribution in [2.45, 2.75) is 6.92 Å². The molecular weight excluding hydrogens is 220 g/mol. The average molecular weight is 228 g/mol. The fourth-order valence-corrected chi connectivity index (χ4v) is 1.19. The molecule has 0 spiro atoms. The third-order valence-electron chi connectivity index (χ3n) is 1.31. The van der Waals surface area contributed by atoms with E-state index in [1.165, 1.54) is 0 Å². The molecule has 0 unspecified atom stereocenters. The van der Waals surface area contributed by atoms with Gasteiger partial charge in [-0.15, -0.1) is 0 Å². The molecule has 1 aromatic rings. The molecule has 1 aromatic carbocycles. The predicted molar refractivity (Wildman–Crippen MR) is 48.9 cm³/mol. The van der Waals surface area contributed by atoms with Crippen molar-refractivity contribution in [3.05, 3.63) is 34.3 Å². The van der Waals surface area contributed by atoms with Gasteiger partial charge in [0.05, 0.1) is 12.2 Å². The number of hydrogen-bond donors (Lipinski definition) is 0. The third-order valence-corrected chi connectivity index (χ3v) is 2.00. The summed E-state index contributed by atoms with van der Waals surface area (Å²) in [5.74, 6) is -0.318. The number of ether oxygens (including phenoxy) is 1. The molecule has 1 rings (SSSR count). The predicted octanol–water partition coefficient (Wildman–Crippen LogP) is 2.43. The van der Waals surface area contributed by atoms with Gasteiger partial charge in [0.1, 0.15) is 0 Å². The molecule has 0 N–H and O–H groups in total. The number of halogens is 1. The summed E-state index contributed by atoms with van der Waals surface area (Å²) in [6, 6.07) is 7.89. The molecule has 0 amide bonds. The summed E-state index contributed by atoms with van der Waals surface area (Å²) in [5.41, 5.74) is 0.513. The molecule has 0 aliphatic rings. The monoisotopic (exact) mass is 227 g/mol. The molecule has 0 aromatic heterocycles. The van der Waals surface area contributed by atoms with Gasteiger partial charge in [-0.05, 0) is 41.1 Å². The molecule has 0 heterocycles. The topological polar surface area (TPSA) is 26.3 Å². The zero-order chi connectivity index (χ0) is 8.97. The van der Waals surface area contributed by atoms with Crippen LogP contribution in [0.2, 0.25) is 0 Å².